The second-order valence-electron chi connectivity index (χ2n) is 2.83. The van der Waals surface area contributed by atoms with Gasteiger partial charge in [0.05, 0.1) is 27.7 Å². The van der Waals surface area contributed by atoms with Gasteiger partial charge in [-0.1, -0.05) is 23.2 Å². The molecule has 1 aromatic rings. The van der Waals surface area contributed by atoms with Gasteiger partial charge in [0.2, 0.25) is 10.0 Å². The number of nitrogens with one attached hydrogen (secondary N) is 2. The van der Waals surface area contributed by atoms with Crippen LogP contribution in [0.25, 0.3) is 0 Å². The van der Waals surface area contributed by atoms with Gasteiger partial charge in [-0.2, -0.15) is 0 Å². The van der Waals surface area contributed by atoms with Crippen LogP contribution in [0.5, 0.6) is 0 Å². The average molecular weight is 270 g/mol. The van der Waals surface area contributed by atoms with E-state index in [4.69, 9.17) is 29.0 Å². The van der Waals surface area contributed by atoms with Crippen LogP contribution in [0.4, 0.5) is 11.4 Å². The van der Waals surface area contributed by atoms with E-state index < -0.39 is 10.0 Å². The van der Waals surface area contributed by atoms with Crippen molar-refractivity contribution in [1.82, 2.24) is 0 Å². The molecule has 0 atom stereocenters. The van der Waals surface area contributed by atoms with Crippen LogP contribution in [0.3, 0.4) is 0 Å². The molecule has 0 amide bonds. The normalized spacial score (nSPS) is 11.2. The number of hydrazine groups is 1. The van der Waals surface area contributed by atoms with Gasteiger partial charge in [-0.15, -0.1) is 0 Å². The lowest BCUT2D eigenvalue weighted by molar-refractivity contribution is 0.607. The van der Waals surface area contributed by atoms with Crippen molar-refractivity contribution in [3.05, 3.63) is 22.2 Å². The van der Waals surface area contributed by atoms with Crippen molar-refractivity contribution < 1.29 is 8.42 Å². The summed E-state index contributed by atoms with van der Waals surface area (Å²) < 4.78 is 24.2. The zero-order valence-electron chi connectivity index (χ0n) is 7.71. The molecule has 0 aliphatic heterocycles. The van der Waals surface area contributed by atoms with Crippen molar-refractivity contribution in [1.29, 1.82) is 0 Å². The van der Waals surface area contributed by atoms with Crippen LogP contribution < -0.4 is 16.0 Å². The van der Waals surface area contributed by atoms with E-state index in [1.807, 2.05) is 0 Å². The van der Waals surface area contributed by atoms with Gasteiger partial charge in [0, 0.05) is 0 Å². The fourth-order valence-electron chi connectivity index (χ4n) is 0.938. The van der Waals surface area contributed by atoms with Crippen molar-refractivity contribution in [2.45, 2.75) is 0 Å². The molecule has 0 saturated carbocycles. The Morgan fingerprint density at radius 3 is 2.20 bits per heavy atom. The lowest BCUT2D eigenvalue weighted by Gasteiger charge is -2.10. The molecule has 0 saturated heterocycles. The lowest BCUT2D eigenvalue weighted by atomic mass is 10.3. The van der Waals surface area contributed by atoms with E-state index in [-0.39, 0.29) is 10.7 Å². The highest BCUT2D eigenvalue weighted by atomic mass is 35.5. The Kier molecular flexibility index (Phi) is 3.67. The molecule has 0 fully saturated rings. The van der Waals surface area contributed by atoms with E-state index in [9.17, 15) is 8.42 Å². The molecule has 15 heavy (non-hydrogen) atoms. The molecular formula is C7H9Cl2N3O2S. The number of rotatable bonds is 3. The molecule has 0 unspecified atom stereocenters. The predicted octanol–water partition coefficient (Wildman–Crippen LogP) is 1.65. The van der Waals surface area contributed by atoms with E-state index in [0.717, 1.165) is 6.26 Å². The van der Waals surface area contributed by atoms with E-state index in [2.05, 4.69) is 10.1 Å². The van der Waals surface area contributed by atoms with Crippen LogP contribution in [0.15, 0.2) is 12.1 Å². The number of nitrogens with two attached hydrogens (primary N) is 1. The number of hydrogen-bond acceptors (Lipinski definition) is 4. The molecule has 0 heterocycles. The number of benzene rings is 1. The van der Waals surface area contributed by atoms with Gasteiger partial charge in [-0.25, -0.2) is 8.42 Å². The first-order valence-corrected chi connectivity index (χ1v) is 6.41. The predicted molar refractivity (Wildman–Crippen MR) is 62.7 cm³/mol. The molecule has 0 bridgehead atoms. The Balaban J connectivity index is 3.19. The molecule has 4 N–H and O–H groups in total. The van der Waals surface area contributed by atoms with Crippen LogP contribution in [0.2, 0.25) is 10.0 Å². The van der Waals surface area contributed by atoms with Gasteiger partial charge < -0.3 is 5.43 Å². The monoisotopic (exact) mass is 269 g/mol. The van der Waals surface area contributed by atoms with Gasteiger partial charge >= 0.3 is 0 Å². The highest BCUT2D eigenvalue weighted by Crippen LogP contribution is 2.32. The fraction of sp³-hybridized carbons (Fsp3) is 0.143. The van der Waals surface area contributed by atoms with E-state index in [1.54, 1.807) is 0 Å². The summed E-state index contributed by atoms with van der Waals surface area (Å²) in [5, 5.41) is 0.506. The second-order valence-corrected chi connectivity index (χ2v) is 5.39. The minimum atomic E-state index is -3.38. The Morgan fingerprint density at radius 1 is 1.20 bits per heavy atom. The third kappa shape index (κ3) is 3.42. The third-order valence-electron chi connectivity index (χ3n) is 1.51. The second kappa shape index (κ2) is 4.44. The first-order valence-electron chi connectivity index (χ1n) is 3.77. The van der Waals surface area contributed by atoms with Crippen molar-refractivity contribution in [3.63, 3.8) is 0 Å². The van der Waals surface area contributed by atoms with Crippen molar-refractivity contribution >= 4 is 44.6 Å². The molecule has 0 radical (unpaired) electrons. The van der Waals surface area contributed by atoms with Gasteiger partial charge in [0.15, 0.2) is 0 Å². The van der Waals surface area contributed by atoms with Crippen molar-refractivity contribution in [2.75, 3.05) is 16.4 Å². The third-order valence-corrected chi connectivity index (χ3v) is 2.72. The van der Waals surface area contributed by atoms with Gasteiger partial charge in [0.25, 0.3) is 0 Å². The average Bonchev–Trinajstić information content (AvgIpc) is 2.07. The molecule has 1 rings (SSSR count). The summed E-state index contributed by atoms with van der Waals surface area (Å²) in [7, 11) is -3.38. The van der Waals surface area contributed by atoms with Crippen molar-refractivity contribution in [3.8, 4) is 0 Å². The maximum atomic E-state index is 11.0. The number of anilines is 2. The molecule has 5 nitrogen and oxygen atoms in total. The van der Waals surface area contributed by atoms with Crippen LogP contribution in [0, 0.1) is 0 Å². The van der Waals surface area contributed by atoms with Crippen LogP contribution in [-0.4, -0.2) is 14.7 Å². The standard InChI is InChI=1S/C7H9Cl2N3O2S/c1-15(13,14)12-7-3-6(11-10)4(8)2-5(7)9/h2-3,11-12H,10H2,1H3. The Labute approximate surface area is 97.6 Å². The summed E-state index contributed by atoms with van der Waals surface area (Å²) in [5.41, 5.74) is 2.92. The Bertz CT molecular complexity index is 475. The van der Waals surface area contributed by atoms with Crippen LogP contribution >= 0.6 is 23.2 Å². The summed E-state index contributed by atoms with van der Waals surface area (Å²) in [6.07, 6.45) is 1.02. The summed E-state index contributed by atoms with van der Waals surface area (Å²) in [6, 6.07) is 2.80. The first kappa shape index (κ1) is 12.4. The Morgan fingerprint density at radius 2 is 1.73 bits per heavy atom. The molecule has 0 aromatic heterocycles. The topological polar surface area (TPSA) is 84.2 Å². The maximum Gasteiger partial charge on any atom is 0.229 e. The first-order chi connectivity index (χ1) is 6.83. The molecular weight excluding hydrogens is 261 g/mol. The zero-order valence-corrected chi connectivity index (χ0v) is 10.0. The molecule has 8 heteroatoms. The van der Waals surface area contributed by atoms with Crippen molar-refractivity contribution in [2.24, 2.45) is 5.84 Å². The minimum Gasteiger partial charge on any atom is -0.323 e. The number of sulfonamides is 1. The fourth-order valence-corrected chi connectivity index (χ4v) is 2.05. The summed E-state index contributed by atoms with van der Waals surface area (Å²) in [4.78, 5) is 0. The highest BCUT2D eigenvalue weighted by molar-refractivity contribution is 7.92. The Hall–Kier alpha value is -0.690. The zero-order chi connectivity index (χ0) is 11.6. The molecule has 0 spiro atoms. The smallest absolute Gasteiger partial charge is 0.229 e. The number of halogens is 2. The molecule has 84 valence electrons. The summed E-state index contributed by atoms with van der Waals surface area (Å²) >= 11 is 11.6. The minimum absolute atomic E-state index is 0.199. The maximum absolute atomic E-state index is 11.0. The number of nitrogen functional groups attached to an aromatic ring is 1. The summed E-state index contributed by atoms with van der Waals surface area (Å²) in [5.74, 6) is 5.18. The van der Waals surface area contributed by atoms with Crippen LogP contribution in [-0.2, 0) is 10.0 Å². The lowest BCUT2D eigenvalue weighted by Crippen LogP contribution is -2.12. The van der Waals surface area contributed by atoms with E-state index >= 15 is 0 Å². The van der Waals surface area contributed by atoms with Gasteiger partial charge in [-0.05, 0) is 12.1 Å². The number of hydrogen-bond donors (Lipinski definition) is 3. The van der Waals surface area contributed by atoms with E-state index in [0.29, 0.717) is 10.7 Å². The quantitative estimate of drug-likeness (QED) is 0.576. The summed E-state index contributed by atoms with van der Waals surface area (Å²) in [6.45, 7) is 0. The SMILES string of the molecule is CS(=O)(=O)Nc1cc(NN)c(Cl)cc1Cl. The molecule has 1 aromatic carbocycles. The van der Waals surface area contributed by atoms with Gasteiger partial charge in [-0.3, -0.25) is 10.6 Å². The van der Waals surface area contributed by atoms with Gasteiger partial charge in [0.1, 0.15) is 0 Å². The highest BCUT2D eigenvalue weighted by Gasteiger charge is 2.09. The molecule has 0 aliphatic carbocycles. The van der Waals surface area contributed by atoms with E-state index in [1.165, 1.54) is 12.1 Å². The largest absolute Gasteiger partial charge is 0.323 e. The van der Waals surface area contributed by atoms with Crippen LogP contribution in [0.1, 0.15) is 0 Å². The molecule has 0 aliphatic rings.